The molecule has 1 fully saturated rings. The predicted molar refractivity (Wildman–Crippen MR) is 127 cm³/mol. The standard InChI is InChI=1S/C24H32N2O5.ClH/c1-24(12-5-6-13-24)26-23(27)18-15-19(21(29-3)22(30-4)20(18)28-2)31-17-9-7-16(8-10-17)11-14-25;/h7-10,15H,5-6,11-14,25H2,1-4H3,(H,26,27);1H. The molecule has 0 atom stereocenters. The summed E-state index contributed by atoms with van der Waals surface area (Å²) in [5.74, 6) is 1.72. The normalized spacial score (nSPS) is 14.3. The summed E-state index contributed by atoms with van der Waals surface area (Å²) < 4.78 is 22.7. The number of benzene rings is 2. The minimum Gasteiger partial charge on any atom is -0.492 e. The number of methoxy groups -OCH3 is 3. The largest absolute Gasteiger partial charge is 0.492 e. The molecule has 0 aromatic heterocycles. The second-order valence-electron chi connectivity index (χ2n) is 8.03. The Bertz CT molecular complexity index is 912. The Morgan fingerprint density at radius 1 is 1.00 bits per heavy atom. The number of nitrogens with one attached hydrogen (secondary N) is 1. The minimum atomic E-state index is -0.231. The van der Waals surface area contributed by atoms with E-state index >= 15 is 0 Å². The van der Waals surface area contributed by atoms with Crippen molar-refractivity contribution in [3.05, 3.63) is 41.5 Å². The average molecular weight is 465 g/mol. The fourth-order valence-corrected chi connectivity index (χ4v) is 4.06. The van der Waals surface area contributed by atoms with Gasteiger partial charge in [0.05, 0.1) is 26.9 Å². The summed E-state index contributed by atoms with van der Waals surface area (Å²) in [5, 5.41) is 3.16. The first-order valence-corrected chi connectivity index (χ1v) is 10.6. The van der Waals surface area contributed by atoms with E-state index in [4.69, 9.17) is 24.7 Å². The van der Waals surface area contributed by atoms with Gasteiger partial charge in [0, 0.05) is 11.6 Å². The fraction of sp³-hybridized carbons (Fsp3) is 0.458. The molecule has 0 unspecified atom stereocenters. The number of rotatable bonds is 9. The van der Waals surface area contributed by atoms with Crippen LogP contribution in [0, 0.1) is 0 Å². The van der Waals surface area contributed by atoms with E-state index in [9.17, 15) is 4.79 Å². The lowest BCUT2D eigenvalue weighted by Crippen LogP contribution is -2.43. The third-order valence-electron chi connectivity index (χ3n) is 5.72. The van der Waals surface area contributed by atoms with Gasteiger partial charge in [-0.1, -0.05) is 25.0 Å². The number of hydrogen-bond donors (Lipinski definition) is 2. The summed E-state index contributed by atoms with van der Waals surface area (Å²) in [6.07, 6.45) is 4.91. The van der Waals surface area contributed by atoms with Crippen LogP contribution in [0.5, 0.6) is 28.7 Å². The lowest BCUT2D eigenvalue weighted by Gasteiger charge is -2.26. The fourth-order valence-electron chi connectivity index (χ4n) is 4.06. The lowest BCUT2D eigenvalue weighted by atomic mass is 9.99. The molecule has 0 heterocycles. The minimum absolute atomic E-state index is 0. The van der Waals surface area contributed by atoms with Crippen LogP contribution in [0.25, 0.3) is 0 Å². The van der Waals surface area contributed by atoms with Gasteiger partial charge in [-0.2, -0.15) is 0 Å². The summed E-state index contributed by atoms with van der Waals surface area (Å²) in [6, 6.07) is 9.29. The quantitative estimate of drug-likeness (QED) is 0.568. The molecule has 2 aromatic carbocycles. The maximum atomic E-state index is 13.2. The molecule has 3 N–H and O–H groups in total. The van der Waals surface area contributed by atoms with Crippen molar-refractivity contribution in [2.75, 3.05) is 27.9 Å². The predicted octanol–water partition coefficient (Wildman–Crippen LogP) is 4.49. The Labute approximate surface area is 196 Å². The van der Waals surface area contributed by atoms with Gasteiger partial charge in [-0.3, -0.25) is 4.79 Å². The Hall–Kier alpha value is -2.64. The van der Waals surface area contributed by atoms with Crippen LogP contribution in [0.1, 0.15) is 48.5 Å². The van der Waals surface area contributed by atoms with Gasteiger partial charge in [0.1, 0.15) is 5.75 Å². The molecule has 8 heteroatoms. The number of ether oxygens (including phenoxy) is 4. The zero-order chi connectivity index (χ0) is 22.4. The molecule has 0 bridgehead atoms. The summed E-state index contributed by atoms with van der Waals surface area (Å²) in [4.78, 5) is 13.2. The summed E-state index contributed by atoms with van der Waals surface area (Å²) in [5.41, 5.74) is 6.85. The molecular formula is C24H33ClN2O5. The van der Waals surface area contributed by atoms with E-state index in [0.29, 0.717) is 40.9 Å². The average Bonchev–Trinajstić information content (AvgIpc) is 3.20. The molecule has 1 amide bonds. The number of carbonyl (C=O) groups excluding carboxylic acids is 1. The third kappa shape index (κ3) is 5.58. The van der Waals surface area contributed by atoms with Gasteiger partial charge in [-0.05, 0) is 50.4 Å². The number of carbonyl (C=O) groups is 1. The molecule has 3 rings (SSSR count). The van der Waals surface area contributed by atoms with Crippen molar-refractivity contribution in [1.29, 1.82) is 0 Å². The highest BCUT2D eigenvalue weighted by Crippen LogP contribution is 2.48. The third-order valence-corrected chi connectivity index (χ3v) is 5.72. The van der Waals surface area contributed by atoms with Crippen LogP contribution in [0.15, 0.2) is 30.3 Å². The summed E-state index contributed by atoms with van der Waals surface area (Å²) in [6.45, 7) is 2.66. The second-order valence-corrected chi connectivity index (χ2v) is 8.03. The van der Waals surface area contributed by atoms with E-state index in [-0.39, 0.29) is 23.9 Å². The molecule has 7 nitrogen and oxygen atoms in total. The molecule has 1 aliphatic rings. The molecule has 1 saturated carbocycles. The number of hydrogen-bond acceptors (Lipinski definition) is 6. The maximum absolute atomic E-state index is 13.2. The Morgan fingerprint density at radius 2 is 1.59 bits per heavy atom. The first kappa shape index (κ1) is 25.6. The first-order valence-electron chi connectivity index (χ1n) is 10.6. The Morgan fingerprint density at radius 3 is 2.12 bits per heavy atom. The van der Waals surface area contributed by atoms with Gasteiger partial charge < -0.3 is 30.0 Å². The molecule has 176 valence electrons. The monoisotopic (exact) mass is 464 g/mol. The van der Waals surface area contributed by atoms with Crippen LogP contribution in [0.3, 0.4) is 0 Å². The zero-order valence-electron chi connectivity index (χ0n) is 19.2. The van der Waals surface area contributed by atoms with Gasteiger partial charge in [0.2, 0.25) is 11.5 Å². The van der Waals surface area contributed by atoms with Crippen molar-refractivity contribution < 1.29 is 23.7 Å². The molecule has 0 spiro atoms. The van der Waals surface area contributed by atoms with Crippen LogP contribution >= 0.6 is 12.4 Å². The van der Waals surface area contributed by atoms with Crippen molar-refractivity contribution in [2.45, 2.75) is 44.6 Å². The highest BCUT2D eigenvalue weighted by molar-refractivity contribution is 5.99. The number of halogens is 1. The van der Waals surface area contributed by atoms with Crippen molar-refractivity contribution in [3.63, 3.8) is 0 Å². The molecule has 1 aliphatic carbocycles. The van der Waals surface area contributed by atoms with Gasteiger partial charge in [-0.15, -0.1) is 12.4 Å². The molecule has 0 radical (unpaired) electrons. The molecule has 0 aliphatic heterocycles. The smallest absolute Gasteiger partial charge is 0.255 e. The van der Waals surface area contributed by atoms with E-state index in [0.717, 1.165) is 37.7 Å². The maximum Gasteiger partial charge on any atom is 0.255 e. The van der Waals surface area contributed by atoms with E-state index in [1.807, 2.05) is 24.3 Å². The van der Waals surface area contributed by atoms with Crippen molar-refractivity contribution in [3.8, 4) is 28.7 Å². The SMILES string of the molecule is COc1c(Oc2ccc(CCN)cc2)cc(C(=O)NC2(C)CCCC2)c(OC)c1OC.Cl. The van der Waals surface area contributed by atoms with Gasteiger partial charge >= 0.3 is 0 Å². The van der Waals surface area contributed by atoms with Crippen LogP contribution in [0.2, 0.25) is 0 Å². The van der Waals surface area contributed by atoms with Crippen LogP contribution in [-0.2, 0) is 6.42 Å². The molecule has 2 aromatic rings. The highest BCUT2D eigenvalue weighted by Gasteiger charge is 2.33. The van der Waals surface area contributed by atoms with E-state index in [1.54, 1.807) is 6.07 Å². The second kappa shape index (κ2) is 11.3. The van der Waals surface area contributed by atoms with Crippen LogP contribution in [-0.4, -0.2) is 39.3 Å². The molecule has 0 saturated heterocycles. The topological polar surface area (TPSA) is 92.0 Å². The van der Waals surface area contributed by atoms with Crippen molar-refractivity contribution >= 4 is 18.3 Å². The number of amides is 1. The van der Waals surface area contributed by atoms with Gasteiger partial charge in [0.25, 0.3) is 5.91 Å². The molecule has 32 heavy (non-hydrogen) atoms. The highest BCUT2D eigenvalue weighted by atomic mass is 35.5. The number of nitrogens with two attached hydrogens (primary N) is 1. The van der Waals surface area contributed by atoms with Crippen molar-refractivity contribution in [1.82, 2.24) is 5.32 Å². The van der Waals surface area contributed by atoms with Gasteiger partial charge in [0.15, 0.2) is 11.5 Å². The summed E-state index contributed by atoms with van der Waals surface area (Å²) >= 11 is 0. The van der Waals surface area contributed by atoms with Crippen LogP contribution in [0.4, 0.5) is 0 Å². The van der Waals surface area contributed by atoms with Crippen molar-refractivity contribution in [2.24, 2.45) is 5.73 Å². The summed E-state index contributed by atoms with van der Waals surface area (Å²) in [7, 11) is 4.53. The van der Waals surface area contributed by atoms with E-state index in [2.05, 4.69) is 12.2 Å². The van der Waals surface area contributed by atoms with Gasteiger partial charge in [-0.25, -0.2) is 0 Å². The Balaban J connectivity index is 0.00000363. The zero-order valence-corrected chi connectivity index (χ0v) is 20.0. The first-order chi connectivity index (χ1) is 14.9. The van der Waals surface area contributed by atoms with E-state index in [1.165, 1.54) is 21.3 Å². The Kier molecular flexibility index (Phi) is 9.04. The lowest BCUT2D eigenvalue weighted by molar-refractivity contribution is 0.0903. The molecular weight excluding hydrogens is 432 g/mol. The van der Waals surface area contributed by atoms with Crippen LogP contribution < -0.4 is 30.0 Å². The van der Waals surface area contributed by atoms with E-state index < -0.39 is 0 Å².